The number of ether oxygens (including phenoxy) is 7. The van der Waals surface area contributed by atoms with Gasteiger partial charge in [-0.2, -0.15) is 0 Å². The van der Waals surface area contributed by atoms with Crippen molar-refractivity contribution in [3.05, 3.63) is 66.2 Å². The summed E-state index contributed by atoms with van der Waals surface area (Å²) in [5.74, 6) is -5.60. The monoisotopic (exact) mass is 970 g/mol. The van der Waals surface area contributed by atoms with Crippen LogP contribution in [-0.4, -0.2) is 195 Å². The molecule has 67 heavy (non-hydrogen) atoms. The summed E-state index contributed by atoms with van der Waals surface area (Å²) in [6.45, 7) is -2.68. The van der Waals surface area contributed by atoms with E-state index in [2.05, 4.69) is 0 Å². The molecule has 4 aromatic rings. The number of hydrogen-bond acceptors (Lipinski definition) is 23. The molecule has 3 saturated heterocycles. The van der Waals surface area contributed by atoms with Gasteiger partial charge in [0.1, 0.15) is 83.7 Å². The van der Waals surface area contributed by atoms with Crippen molar-refractivity contribution in [1.29, 1.82) is 0 Å². The van der Waals surface area contributed by atoms with E-state index in [9.17, 15) is 81.4 Å². The van der Waals surface area contributed by atoms with Crippen molar-refractivity contribution in [2.45, 2.75) is 92.1 Å². The molecule has 1 aromatic heterocycles. The number of aliphatic hydroxyl groups excluding tert-OH is 10. The van der Waals surface area contributed by atoms with E-state index < -0.39 is 152 Å². The van der Waals surface area contributed by atoms with Crippen LogP contribution in [0.1, 0.15) is 5.56 Å². The second kappa shape index (κ2) is 21.3. The lowest BCUT2D eigenvalue weighted by Gasteiger charge is -2.46. The highest BCUT2D eigenvalue weighted by Gasteiger charge is 2.53. The van der Waals surface area contributed by atoms with Gasteiger partial charge in [-0.25, -0.2) is 9.21 Å². The molecule has 0 spiro atoms. The molecule has 3 fully saturated rings. The SMILES string of the molecule is O=C(/C=C/c1ccc(O)cc1)O[C@H]1[C@@H](O)[C@H](O[C@H]2[C@H](Oc3cc4c(O[C@@H]5O[C@H](CO)[C@@H](O)[C@@H](O)[C@H]5O)cc(O)cc4[o+]c3-c3cc(O)c(O)c(O)c3)O[C@H](CO)[C@@H](O)[C@H]2O)O[C@H](CO)[C@H]1O.[Cl-]. The average molecular weight is 971 g/mol. The van der Waals surface area contributed by atoms with Crippen LogP contribution in [0.2, 0.25) is 0 Å². The minimum Gasteiger partial charge on any atom is -1.00 e. The highest BCUT2D eigenvalue weighted by Crippen LogP contribution is 2.46. The Labute approximate surface area is 383 Å². The molecular formula is C42H47ClO24. The van der Waals surface area contributed by atoms with Gasteiger partial charge in [0, 0.05) is 30.3 Å². The van der Waals surface area contributed by atoms with Gasteiger partial charge in [-0.05, 0) is 23.8 Å². The van der Waals surface area contributed by atoms with Gasteiger partial charge in [0.15, 0.2) is 35.7 Å². The number of benzene rings is 3. The zero-order chi connectivity index (χ0) is 47.7. The molecule has 0 aliphatic carbocycles. The molecule has 15 atom stereocenters. The lowest BCUT2D eigenvalue weighted by atomic mass is 9.97. The third kappa shape index (κ3) is 10.7. The third-order valence-electron chi connectivity index (χ3n) is 11.0. The van der Waals surface area contributed by atoms with E-state index in [1.165, 1.54) is 30.3 Å². The van der Waals surface area contributed by atoms with Gasteiger partial charge in [0.05, 0.1) is 31.5 Å². The molecule has 366 valence electrons. The maximum atomic E-state index is 12.9. The zero-order valence-electron chi connectivity index (χ0n) is 34.4. The number of aliphatic hydroxyl groups is 10. The van der Waals surface area contributed by atoms with Crippen molar-refractivity contribution in [3.63, 3.8) is 0 Å². The van der Waals surface area contributed by atoms with Gasteiger partial charge in [0.25, 0.3) is 0 Å². The Bertz CT molecular complexity index is 2340. The summed E-state index contributed by atoms with van der Waals surface area (Å²) in [5, 5.41) is 157. The molecule has 0 bridgehead atoms. The number of phenolic OH excluding ortho intramolecular Hbond substituents is 5. The number of rotatable bonds is 13. The summed E-state index contributed by atoms with van der Waals surface area (Å²) in [4.78, 5) is 12.9. The Balaban J connectivity index is 0.00000741. The first-order valence-corrected chi connectivity index (χ1v) is 20.0. The number of halogens is 1. The maximum absolute atomic E-state index is 12.9. The fourth-order valence-corrected chi connectivity index (χ4v) is 7.39. The summed E-state index contributed by atoms with van der Waals surface area (Å²) in [5.41, 5.74) is -0.0285. The first kappa shape index (κ1) is 51.0. The Hall–Kier alpha value is -5.39. The highest BCUT2D eigenvalue weighted by atomic mass is 35.5. The van der Waals surface area contributed by atoms with E-state index in [0.717, 1.165) is 36.4 Å². The summed E-state index contributed by atoms with van der Waals surface area (Å²) in [6, 6.07) is 10.7. The van der Waals surface area contributed by atoms with Gasteiger partial charge < -0.3 is 122 Å². The van der Waals surface area contributed by atoms with Crippen LogP contribution in [0.15, 0.2) is 65.1 Å². The van der Waals surface area contributed by atoms with Crippen molar-refractivity contribution in [2.75, 3.05) is 19.8 Å². The number of aromatic hydroxyl groups is 5. The Morgan fingerprint density at radius 1 is 0.597 bits per heavy atom. The standard InChI is InChI=1S/C42H46O24.ClH/c43-12-25-30(52)33(55)35(57)40(62-25)60-23-10-18(47)9-22-19(23)11-24(37(59-22)16-7-20(48)29(51)21(49)8-16)61-42-39(34(56)31(53)26(13-44)64-42)66-41-36(58)38(32(54)27(14-45)63-41)65-28(50)6-3-15-1-4-17(46)5-2-15;/h1-11,25-27,30-36,38-45,52-58H,12-14H2,(H4-,46,47,48,49,50,51);1H/t25-,26-,27-,30-,31-,32-,33-,34-,35-,36-,38-,39-,40-,41+,42-;/m1./s1. The Kier molecular flexibility index (Phi) is 16.2. The molecule has 25 heteroatoms. The fourth-order valence-electron chi connectivity index (χ4n) is 7.39. The van der Waals surface area contributed by atoms with Crippen LogP contribution in [0.4, 0.5) is 0 Å². The van der Waals surface area contributed by atoms with Crippen LogP contribution < -0.4 is 21.9 Å². The molecule has 24 nitrogen and oxygen atoms in total. The van der Waals surface area contributed by atoms with E-state index in [-0.39, 0.29) is 40.4 Å². The topological polar surface area (TPSA) is 396 Å². The predicted octanol–water partition coefficient (Wildman–Crippen LogP) is -5.64. The van der Waals surface area contributed by atoms with Crippen molar-refractivity contribution < 1.29 is 131 Å². The largest absolute Gasteiger partial charge is 1.00 e. The summed E-state index contributed by atoms with van der Waals surface area (Å²) in [6.07, 6.45) is -25.6. The van der Waals surface area contributed by atoms with Gasteiger partial charge in [-0.3, -0.25) is 0 Å². The quantitative estimate of drug-likeness (QED) is 0.0257. The molecule has 4 heterocycles. The number of carbonyl (C=O) groups is 1. The minimum absolute atomic E-state index is 0. The van der Waals surface area contributed by atoms with Crippen LogP contribution in [0.3, 0.4) is 0 Å². The fraction of sp³-hybridized carbons (Fsp3) is 0.429. The molecular weight excluding hydrogens is 924 g/mol. The number of phenols is 5. The first-order valence-electron chi connectivity index (χ1n) is 20.0. The van der Waals surface area contributed by atoms with E-state index in [1.54, 1.807) is 0 Å². The number of hydrogen-bond donors (Lipinski definition) is 15. The second-order valence-corrected chi connectivity index (χ2v) is 15.4. The summed E-state index contributed by atoms with van der Waals surface area (Å²) >= 11 is 0. The van der Waals surface area contributed by atoms with Crippen molar-refractivity contribution in [2.24, 2.45) is 0 Å². The van der Waals surface area contributed by atoms with E-state index in [1.807, 2.05) is 0 Å². The van der Waals surface area contributed by atoms with Crippen LogP contribution in [-0.2, 0) is 28.5 Å². The first-order chi connectivity index (χ1) is 31.4. The minimum atomic E-state index is -2.10. The highest BCUT2D eigenvalue weighted by molar-refractivity contribution is 5.89. The molecule has 3 aliphatic heterocycles. The molecule has 0 saturated carbocycles. The van der Waals surface area contributed by atoms with Gasteiger partial charge >= 0.3 is 17.3 Å². The smallest absolute Gasteiger partial charge is 0.402 e. The maximum Gasteiger partial charge on any atom is 0.402 e. The van der Waals surface area contributed by atoms with Crippen molar-refractivity contribution >= 4 is 23.0 Å². The number of fused-ring (bicyclic) bond motifs is 1. The number of esters is 1. The lowest BCUT2D eigenvalue weighted by molar-refractivity contribution is -0.358. The Morgan fingerprint density at radius 2 is 1.16 bits per heavy atom. The molecule has 3 aromatic carbocycles. The molecule has 0 unspecified atom stereocenters. The summed E-state index contributed by atoms with van der Waals surface area (Å²) < 4.78 is 46.3. The van der Waals surface area contributed by atoms with Crippen LogP contribution >= 0.6 is 0 Å². The van der Waals surface area contributed by atoms with E-state index in [4.69, 9.17) is 37.6 Å². The molecule has 3 aliphatic rings. The molecule has 15 N–H and O–H groups in total. The van der Waals surface area contributed by atoms with E-state index in [0.29, 0.717) is 5.56 Å². The van der Waals surface area contributed by atoms with Crippen molar-refractivity contribution in [1.82, 2.24) is 0 Å². The predicted molar refractivity (Wildman–Crippen MR) is 215 cm³/mol. The summed E-state index contributed by atoms with van der Waals surface area (Å²) in [7, 11) is 0. The lowest BCUT2D eigenvalue weighted by Crippen LogP contribution is -3.00. The normalized spacial score (nSPS) is 32.1. The number of carbonyl (C=O) groups excluding carboxylic acids is 1. The molecule has 7 rings (SSSR count). The molecule has 0 radical (unpaired) electrons. The van der Waals surface area contributed by atoms with Gasteiger partial charge in [-0.15, -0.1) is 0 Å². The second-order valence-electron chi connectivity index (χ2n) is 15.4. The third-order valence-corrected chi connectivity index (χ3v) is 11.0. The van der Waals surface area contributed by atoms with Crippen LogP contribution in [0.25, 0.3) is 28.4 Å². The average Bonchev–Trinajstić information content (AvgIpc) is 3.29. The van der Waals surface area contributed by atoms with Gasteiger partial charge in [-0.1, -0.05) is 12.1 Å². The zero-order valence-corrected chi connectivity index (χ0v) is 35.1. The van der Waals surface area contributed by atoms with Gasteiger partial charge in [0.2, 0.25) is 18.3 Å². The van der Waals surface area contributed by atoms with Crippen LogP contribution in [0, 0.1) is 0 Å². The molecule has 0 amide bonds. The van der Waals surface area contributed by atoms with Crippen LogP contribution in [0.5, 0.6) is 40.2 Å². The van der Waals surface area contributed by atoms with Crippen molar-refractivity contribution in [3.8, 4) is 51.6 Å². The Morgan fingerprint density at radius 3 is 1.79 bits per heavy atom. The van der Waals surface area contributed by atoms with E-state index >= 15 is 0 Å².